The van der Waals surface area contributed by atoms with Gasteiger partial charge >= 0.3 is 5.97 Å². The van der Waals surface area contributed by atoms with Crippen molar-refractivity contribution in [3.8, 4) is 0 Å². The Hall–Kier alpha value is -2.41. The van der Waals surface area contributed by atoms with Crippen molar-refractivity contribution in [3.63, 3.8) is 0 Å². The third-order valence-electron chi connectivity index (χ3n) is 2.23. The molecule has 0 saturated carbocycles. The smallest absolute Gasteiger partial charge is 0.355 e. The van der Waals surface area contributed by atoms with Gasteiger partial charge in [0.1, 0.15) is 0 Å². The Morgan fingerprint density at radius 1 is 1.42 bits per heavy atom. The number of nitrogens with one attached hydrogen (secondary N) is 1. The fraction of sp³-hybridized carbons (Fsp3) is 0.0833. The second-order valence-corrected chi connectivity index (χ2v) is 4.51. The van der Waals surface area contributed by atoms with Crippen molar-refractivity contribution in [2.45, 2.75) is 6.54 Å². The van der Waals surface area contributed by atoms with Gasteiger partial charge in [0.2, 0.25) is 0 Å². The molecule has 0 radical (unpaired) electrons. The fourth-order valence-corrected chi connectivity index (χ4v) is 2.03. The average Bonchev–Trinajstić information content (AvgIpc) is 2.86. The van der Waals surface area contributed by atoms with Crippen molar-refractivity contribution in [2.75, 3.05) is 5.32 Å². The number of thiazole rings is 1. The topological polar surface area (TPSA) is 101 Å². The minimum Gasteiger partial charge on any atom is -0.476 e. The number of aliphatic imine (C=N–C) groups is 1. The fourth-order valence-electron chi connectivity index (χ4n) is 1.34. The van der Waals surface area contributed by atoms with E-state index in [1.54, 1.807) is 0 Å². The largest absolute Gasteiger partial charge is 0.476 e. The van der Waals surface area contributed by atoms with E-state index in [4.69, 9.17) is 10.8 Å². The Labute approximate surface area is 113 Å². The van der Waals surface area contributed by atoms with Gasteiger partial charge in [-0.1, -0.05) is 30.3 Å². The number of guanidine groups is 1. The van der Waals surface area contributed by atoms with Gasteiger partial charge in [0.25, 0.3) is 0 Å². The van der Waals surface area contributed by atoms with E-state index < -0.39 is 5.97 Å². The molecule has 0 aliphatic heterocycles. The molecule has 0 bridgehead atoms. The summed E-state index contributed by atoms with van der Waals surface area (Å²) >= 11 is 1.16. The summed E-state index contributed by atoms with van der Waals surface area (Å²) in [5, 5.41) is 13.3. The zero-order valence-electron chi connectivity index (χ0n) is 9.91. The van der Waals surface area contributed by atoms with E-state index in [9.17, 15) is 4.79 Å². The first-order chi connectivity index (χ1) is 9.15. The summed E-state index contributed by atoms with van der Waals surface area (Å²) in [4.78, 5) is 18.7. The molecule has 4 N–H and O–H groups in total. The molecule has 7 heteroatoms. The first kappa shape index (κ1) is 13.0. The van der Waals surface area contributed by atoms with Gasteiger partial charge in [0.05, 0.1) is 6.54 Å². The van der Waals surface area contributed by atoms with Crippen molar-refractivity contribution in [3.05, 3.63) is 47.0 Å². The summed E-state index contributed by atoms with van der Waals surface area (Å²) in [5.41, 5.74) is 6.73. The lowest BCUT2D eigenvalue weighted by Crippen LogP contribution is -2.22. The van der Waals surface area contributed by atoms with Crippen LogP contribution >= 0.6 is 11.3 Å². The summed E-state index contributed by atoms with van der Waals surface area (Å²) in [7, 11) is 0. The highest BCUT2D eigenvalue weighted by Gasteiger charge is 2.08. The van der Waals surface area contributed by atoms with E-state index in [0.29, 0.717) is 11.7 Å². The molecule has 1 heterocycles. The molecule has 98 valence electrons. The SMILES string of the molecule is NC(=NCc1ccccc1)Nc1nc(C(=O)O)cs1. The number of aromatic nitrogens is 1. The van der Waals surface area contributed by atoms with Crippen LogP contribution in [-0.2, 0) is 6.54 Å². The maximum Gasteiger partial charge on any atom is 0.355 e. The molecule has 1 aromatic carbocycles. The molecule has 19 heavy (non-hydrogen) atoms. The number of aromatic carboxylic acids is 1. The summed E-state index contributed by atoms with van der Waals surface area (Å²) < 4.78 is 0. The first-order valence-corrected chi connectivity index (χ1v) is 6.33. The summed E-state index contributed by atoms with van der Waals surface area (Å²) in [6.45, 7) is 0.455. The van der Waals surface area contributed by atoms with Gasteiger partial charge in [-0.15, -0.1) is 11.3 Å². The van der Waals surface area contributed by atoms with E-state index in [1.807, 2.05) is 30.3 Å². The molecule has 0 atom stereocenters. The van der Waals surface area contributed by atoms with Crippen LogP contribution in [0.4, 0.5) is 5.13 Å². The minimum absolute atomic E-state index is 0.0108. The molecular weight excluding hydrogens is 264 g/mol. The van der Waals surface area contributed by atoms with Crippen LogP contribution in [0, 0.1) is 0 Å². The maximum atomic E-state index is 10.7. The van der Waals surface area contributed by atoms with E-state index >= 15 is 0 Å². The van der Waals surface area contributed by atoms with Gasteiger partial charge < -0.3 is 16.2 Å². The van der Waals surface area contributed by atoms with Gasteiger partial charge in [0.15, 0.2) is 16.8 Å². The number of anilines is 1. The van der Waals surface area contributed by atoms with Gasteiger partial charge in [-0.25, -0.2) is 14.8 Å². The molecular formula is C12H12N4O2S. The Morgan fingerprint density at radius 2 is 2.16 bits per heavy atom. The maximum absolute atomic E-state index is 10.7. The second-order valence-electron chi connectivity index (χ2n) is 3.66. The molecule has 1 aromatic heterocycles. The van der Waals surface area contributed by atoms with Crippen LogP contribution in [0.15, 0.2) is 40.7 Å². The molecule has 0 saturated heterocycles. The van der Waals surface area contributed by atoms with Crippen LogP contribution in [-0.4, -0.2) is 22.0 Å². The number of hydrogen-bond acceptors (Lipinski definition) is 4. The highest BCUT2D eigenvalue weighted by Crippen LogP contribution is 2.14. The number of hydrogen-bond donors (Lipinski definition) is 3. The molecule has 0 fully saturated rings. The third kappa shape index (κ3) is 3.78. The molecule has 2 aromatic rings. The zero-order valence-corrected chi connectivity index (χ0v) is 10.7. The van der Waals surface area contributed by atoms with Crippen molar-refractivity contribution in [1.82, 2.24) is 4.98 Å². The van der Waals surface area contributed by atoms with Crippen molar-refractivity contribution in [1.29, 1.82) is 0 Å². The second kappa shape index (κ2) is 5.96. The summed E-state index contributed by atoms with van der Waals surface area (Å²) in [6, 6.07) is 9.67. The van der Waals surface area contributed by atoms with Gasteiger partial charge in [-0.3, -0.25) is 0 Å². The third-order valence-corrected chi connectivity index (χ3v) is 2.99. The normalized spacial score (nSPS) is 11.3. The monoisotopic (exact) mass is 276 g/mol. The number of carbonyl (C=O) groups is 1. The molecule has 0 unspecified atom stereocenters. The molecule has 2 rings (SSSR count). The van der Waals surface area contributed by atoms with Crippen molar-refractivity contribution >= 4 is 28.4 Å². The predicted molar refractivity (Wildman–Crippen MR) is 74.5 cm³/mol. The van der Waals surface area contributed by atoms with Crippen LogP contribution < -0.4 is 11.1 Å². The van der Waals surface area contributed by atoms with Crippen LogP contribution in [0.3, 0.4) is 0 Å². The van der Waals surface area contributed by atoms with Crippen LogP contribution in [0.1, 0.15) is 16.1 Å². The molecule has 0 aliphatic carbocycles. The number of rotatable bonds is 4. The Balaban J connectivity index is 1.96. The molecule has 0 aliphatic rings. The zero-order chi connectivity index (χ0) is 13.7. The van der Waals surface area contributed by atoms with E-state index in [1.165, 1.54) is 5.38 Å². The lowest BCUT2D eigenvalue weighted by Gasteiger charge is -2.01. The Bertz CT molecular complexity index is 595. The highest BCUT2D eigenvalue weighted by atomic mass is 32.1. The molecule has 0 spiro atoms. The van der Waals surface area contributed by atoms with Gasteiger partial charge in [-0.2, -0.15) is 0 Å². The predicted octanol–water partition coefficient (Wildman–Crippen LogP) is 1.77. The summed E-state index contributed by atoms with van der Waals surface area (Å²) in [6.07, 6.45) is 0. The number of nitrogens with zero attached hydrogens (tertiary/aromatic N) is 2. The van der Waals surface area contributed by atoms with Gasteiger partial charge in [0, 0.05) is 5.38 Å². The van der Waals surface area contributed by atoms with Gasteiger partial charge in [-0.05, 0) is 5.56 Å². The lowest BCUT2D eigenvalue weighted by molar-refractivity contribution is 0.0691. The van der Waals surface area contributed by atoms with Crippen LogP contribution in [0.2, 0.25) is 0 Å². The lowest BCUT2D eigenvalue weighted by atomic mass is 10.2. The highest BCUT2D eigenvalue weighted by molar-refractivity contribution is 7.14. The van der Waals surface area contributed by atoms with Crippen LogP contribution in [0.5, 0.6) is 0 Å². The van der Waals surface area contributed by atoms with E-state index in [-0.39, 0.29) is 11.7 Å². The van der Waals surface area contributed by atoms with Crippen molar-refractivity contribution < 1.29 is 9.90 Å². The van der Waals surface area contributed by atoms with Crippen LogP contribution in [0.25, 0.3) is 0 Å². The van der Waals surface area contributed by atoms with E-state index in [0.717, 1.165) is 16.9 Å². The van der Waals surface area contributed by atoms with Crippen molar-refractivity contribution in [2.24, 2.45) is 10.7 Å². The Morgan fingerprint density at radius 3 is 2.79 bits per heavy atom. The first-order valence-electron chi connectivity index (χ1n) is 5.45. The Kier molecular flexibility index (Phi) is 4.09. The summed E-state index contributed by atoms with van der Waals surface area (Å²) in [5.74, 6) is -0.862. The average molecular weight is 276 g/mol. The molecule has 0 amide bonds. The standard InChI is InChI=1S/C12H12N4O2S/c13-11(14-6-8-4-2-1-3-5-8)16-12-15-9(7-19-12)10(17)18/h1-5,7H,6H2,(H,17,18)(H3,13,14,15,16). The number of carboxylic acids is 1. The number of nitrogens with two attached hydrogens (primary N) is 1. The number of carboxylic acid groups (broad SMARTS) is 1. The molecule has 6 nitrogen and oxygen atoms in total. The van der Waals surface area contributed by atoms with E-state index in [2.05, 4.69) is 15.3 Å². The quantitative estimate of drug-likeness (QED) is 0.583. The minimum atomic E-state index is -1.07. The number of benzene rings is 1.